The Morgan fingerprint density at radius 1 is 1.10 bits per heavy atom. The Morgan fingerprint density at radius 3 is 2.71 bits per heavy atom. The maximum absolute atomic E-state index is 5.62. The topological polar surface area (TPSA) is 69.9 Å². The fraction of sp³-hybridized carbons (Fsp3) is 0.458. The van der Waals surface area contributed by atoms with Crippen molar-refractivity contribution in [2.75, 3.05) is 19.1 Å². The van der Waals surface area contributed by atoms with E-state index in [0.29, 0.717) is 0 Å². The third kappa shape index (κ3) is 2.94. The number of ether oxygens (including phenoxy) is 1. The van der Waals surface area contributed by atoms with E-state index in [1.165, 1.54) is 25.7 Å². The molecule has 3 aliphatic rings. The molecule has 2 unspecified atom stereocenters. The fourth-order valence-electron chi connectivity index (χ4n) is 5.94. The smallest absolute Gasteiger partial charge is 0.151 e. The molecule has 0 saturated carbocycles. The van der Waals surface area contributed by atoms with E-state index in [9.17, 15) is 0 Å². The van der Waals surface area contributed by atoms with Crippen LogP contribution in [0.25, 0.3) is 22.4 Å². The molecule has 2 aromatic heterocycles. The molecule has 3 saturated heterocycles. The number of fused-ring (bicyclic) bond motifs is 1. The standard InChI is InChI=1S/C24H28N6O/c1-24(11-17-5-8-20-21(12-24)30(17)20)29(2)23-9-7-19(27-28-23)15-4-6-18(22(10-15)31-3)16-13-25-26-14-16/h4,6-7,9-10,13-14,17,20-21H,5,8,11-12H2,1-3H3,(H,25,26)/t17-,20+,21?,24+,30?/m0/s1. The Kier molecular flexibility index (Phi) is 4.12. The molecule has 3 fully saturated rings. The van der Waals surface area contributed by atoms with Crippen LogP contribution in [-0.2, 0) is 0 Å². The van der Waals surface area contributed by atoms with E-state index in [1.54, 1.807) is 13.3 Å². The van der Waals surface area contributed by atoms with E-state index in [-0.39, 0.29) is 5.54 Å². The second-order valence-corrected chi connectivity index (χ2v) is 9.46. The first-order valence-electron chi connectivity index (χ1n) is 11.1. The highest BCUT2D eigenvalue weighted by Crippen LogP contribution is 2.54. The lowest BCUT2D eigenvalue weighted by molar-refractivity contribution is 0.209. The van der Waals surface area contributed by atoms with Gasteiger partial charge in [-0.2, -0.15) is 5.10 Å². The normalized spacial score (nSPS) is 30.7. The van der Waals surface area contributed by atoms with Crippen molar-refractivity contribution >= 4 is 5.82 Å². The van der Waals surface area contributed by atoms with Crippen LogP contribution in [0.2, 0.25) is 0 Å². The van der Waals surface area contributed by atoms with Gasteiger partial charge in [-0.3, -0.25) is 10.00 Å². The number of hydrogen-bond acceptors (Lipinski definition) is 6. The number of aromatic nitrogens is 4. The zero-order chi connectivity index (χ0) is 21.2. The van der Waals surface area contributed by atoms with Gasteiger partial charge < -0.3 is 9.64 Å². The summed E-state index contributed by atoms with van der Waals surface area (Å²) in [5.41, 5.74) is 3.97. The van der Waals surface area contributed by atoms with Crippen molar-refractivity contribution < 1.29 is 4.74 Å². The van der Waals surface area contributed by atoms with Gasteiger partial charge in [0.15, 0.2) is 5.82 Å². The van der Waals surface area contributed by atoms with Gasteiger partial charge in [-0.1, -0.05) is 6.07 Å². The van der Waals surface area contributed by atoms with Crippen LogP contribution in [0.3, 0.4) is 0 Å². The molecule has 0 bridgehead atoms. The Morgan fingerprint density at radius 2 is 2.00 bits per heavy atom. The van der Waals surface area contributed by atoms with Gasteiger partial charge in [-0.15, -0.1) is 10.2 Å². The molecule has 3 aliphatic heterocycles. The SMILES string of the molecule is COc1cc(-c2ccc(N(C)[C@@]3(C)CC4[C@H]5CC[C@@H](C3)N45)nn2)ccc1-c1cn[nH]c1. The summed E-state index contributed by atoms with van der Waals surface area (Å²) < 4.78 is 5.62. The summed E-state index contributed by atoms with van der Waals surface area (Å²) in [6, 6.07) is 12.7. The lowest BCUT2D eigenvalue weighted by atomic mass is 9.80. The quantitative estimate of drug-likeness (QED) is 0.639. The zero-order valence-corrected chi connectivity index (χ0v) is 18.2. The van der Waals surface area contributed by atoms with Crippen LogP contribution in [0.15, 0.2) is 42.7 Å². The molecule has 160 valence electrons. The minimum absolute atomic E-state index is 0.145. The number of H-pyrrole nitrogens is 1. The summed E-state index contributed by atoms with van der Waals surface area (Å²) in [4.78, 5) is 5.10. The van der Waals surface area contributed by atoms with Gasteiger partial charge >= 0.3 is 0 Å². The second kappa shape index (κ2) is 6.79. The van der Waals surface area contributed by atoms with Crippen LogP contribution in [0.4, 0.5) is 5.82 Å². The number of aromatic amines is 1. The summed E-state index contributed by atoms with van der Waals surface area (Å²) in [5, 5.41) is 16.1. The largest absolute Gasteiger partial charge is 0.496 e. The van der Waals surface area contributed by atoms with Crippen molar-refractivity contribution in [2.45, 2.75) is 56.3 Å². The highest BCUT2D eigenvalue weighted by atomic mass is 16.5. The molecular weight excluding hydrogens is 388 g/mol. The number of rotatable bonds is 5. The molecule has 6 rings (SSSR count). The Labute approximate surface area is 182 Å². The van der Waals surface area contributed by atoms with E-state index < -0.39 is 0 Å². The molecule has 31 heavy (non-hydrogen) atoms. The Balaban J connectivity index is 1.24. The first-order chi connectivity index (χ1) is 15.1. The third-order valence-electron chi connectivity index (χ3n) is 7.77. The van der Waals surface area contributed by atoms with Crippen molar-refractivity contribution in [3.8, 4) is 28.1 Å². The minimum Gasteiger partial charge on any atom is -0.496 e. The summed E-state index contributed by atoms with van der Waals surface area (Å²) in [6.07, 6.45) is 8.84. The van der Waals surface area contributed by atoms with Crippen molar-refractivity contribution in [3.05, 3.63) is 42.7 Å². The molecule has 0 spiro atoms. The van der Waals surface area contributed by atoms with Crippen LogP contribution in [0.5, 0.6) is 5.75 Å². The van der Waals surface area contributed by atoms with Gasteiger partial charge in [0.05, 0.1) is 19.0 Å². The lowest BCUT2D eigenvalue weighted by Gasteiger charge is -2.45. The number of methoxy groups -OCH3 is 1. The van der Waals surface area contributed by atoms with Crippen LogP contribution in [0, 0.1) is 0 Å². The summed E-state index contributed by atoms with van der Waals surface area (Å²) in [5.74, 6) is 1.74. The van der Waals surface area contributed by atoms with Gasteiger partial charge in [0, 0.05) is 53.6 Å². The highest BCUT2D eigenvalue weighted by molar-refractivity contribution is 5.74. The average molecular weight is 417 g/mol. The second-order valence-electron chi connectivity index (χ2n) is 9.46. The Bertz CT molecular complexity index is 1100. The van der Waals surface area contributed by atoms with Crippen LogP contribution in [0.1, 0.15) is 32.6 Å². The molecule has 0 amide bonds. The van der Waals surface area contributed by atoms with Gasteiger partial charge in [0.2, 0.25) is 0 Å². The number of anilines is 1. The van der Waals surface area contributed by atoms with Crippen molar-refractivity contribution in [1.29, 1.82) is 0 Å². The highest BCUT2D eigenvalue weighted by Gasteiger charge is 2.62. The van der Waals surface area contributed by atoms with E-state index in [0.717, 1.165) is 52.1 Å². The monoisotopic (exact) mass is 416 g/mol. The first-order valence-corrected chi connectivity index (χ1v) is 11.1. The predicted molar refractivity (Wildman–Crippen MR) is 120 cm³/mol. The predicted octanol–water partition coefficient (Wildman–Crippen LogP) is 3.75. The molecule has 0 radical (unpaired) electrons. The van der Waals surface area contributed by atoms with Gasteiger partial charge in [-0.25, -0.2) is 0 Å². The fourth-order valence-corrected chi connectivity index (χ4v) is 5.94. The van der Waals surface area contributed by atoms with E-state index in [2.05, 4.69) is 62.4 Å². The molecule has 0 aliphatic carbocycles. The average Bonchev–Trinajstić information content (AvgIpc) is 3.15. The van der Waals surface area contributed by atoms with Crippen LogP contribution < -0.4 is 9.64 Å². The molecule has 7 heteroatoms. The maximum atomic E-state index is 5.62. The van der Waals surface area contributed by atoms with Crippen molar-refractivity contribution in [2.24, 2.45) is 0 Å². The first kappa shape index (κ1) is 18.8. The Hall–Kier alpha value is -2.93. The van der Waals surface area contributed by atoms with Crippen molar-refractivity contribution in [3.63, 3.8) is 0 Å². The summed E-state index contributed by atoms with van der Waals surface area (Å²) >= 11 is 0. The van der Waals surface area contributed by atoms with E-state index in [4.69, 9.17) is 4.74 Å². The van der Waals surface area contributed by atoms with Crippen LogP contribution >= 0.6 is 0 Å². The lowest BCUT2D eigenvalue weighted by Crippen LogP contribution is -2.52. The molecule has 5 atom stereocenters. The number of hydrogen-bond donors (Lipinski definition) is 1. The number of nitrogens with zero attached hydrogens (tertiary/aromatic N) is 5. The summed E-state index contributed by atoms with van der Waals surface area (Å²) in [6.45, 7) is 2.40. The van der Waals surface area contributed by atoms with Crippen molar-refractivity contribution in [1.82, 2.24) is 25.3 Å². The molecule has 7 nitrogen and oxygen atoms in total. The third-order valence-corrected chi connectivity index (χ3v) is 7.77. The zero-order valence-electron chi connectivity index (χ0n) is 18.2. The van der Waals surface area contributed by atoms with Gasteiger partial charge in [0.25, 0.3) is 0 Å². The van der Waals surface area contributed by atoms with E-state index >= 15 is 0 Å². The van der Waals surface area contributed by atoms with Gasteiger partial charge in [-0.05, 0) is 56.9 Å². The maximum Gasteiger partial charge on any atom is 0.151 e. The van der Waals surface area contributed by atoms with Gasteiger partial charge in [0.1, 0.15) is 5.75 Å². The number of nitrogens with one attached hydrogen (secondary N) is 1. The molecular formula is C24H28N6O. The summed E-state index contributed by atoms with van der Waals surface area (Å²) in [7, 11) is 3.86. The molecule has 5 heterocycles. The number of piperidine rings is 2. The minimum atomic E-state index is 0.145. The molecule has 1 aromatic carbocycles. The van der Waals surface area contributed by atoms with E-state index in [1.807, 2.05) is 18.3 Å². The molecule has 3 aromatic rings. The number of benzene rings is 1. The van der Waals surface area contributed by atoms with Crippen LogP contribution in [-0.4, -0.2) is 63.1 Å². The molecule has 1 N–H and O–H groups in total.